The molecule has 0 radical (unpaired) electrons. The van der Waals surface area contributed by atoms with Gasteiger partial charge in [-0.25, -0.2) is 12.8 Å². The van der Waals surface area contributed by atoms with Crippen LogP contribution in [-0.2, 0) is 21.1 Å². The summed E-state index contributed by atoms with van der Waals surface area (Å²) in [6.07, 6.45) is 1.13. The molecule has 0 heterocycles. The molecule has 7 heteroatoms. The molecule has 22 heavy (non-hydrogen) atoms. The van der Waals surface area contributed by atoms with Crippen molar-refractivity contribution in [3.63, 3.8) is 0 Å². The van der Waals surface area contributed by atoms with E-state index in [4.69, 9.17) is 11.6 Å². The van der Waals surface area contributed by atoms with Gasteiger partial charge >= 0.3 is 0 Å². The number of halogens is 2. The SMILES string of the molecule is CC(C)(C)N(CCS(C)(=O)=O)C(=O)Cc1ccc(F)cc1Cl. The highest BCUT2D eigenvalue weighted by molar-refractivity contribution is 7.90. The van der Waals surface area contributed by atoms with Crippen molar-refractivity contribution in [2.75, 3.05) is 18.6 Å². The summed E-state index contributed by atoms with van der Waals surface area (Å²) in [5.74, 6) is -0.816. The van der Waals surface area contributed by atoms with Gasteiger partial charge in [-0.1, -0.05) is 17.7 Å². The first-order valence-electron chi connectivity index (χ1n) is 6.82. The maximum atomic E-state index is 13.0. The van der Waals surface area contributed by atoms with Crippen molar-refractivity contribution < 1.29 is 17.6 Å². The Morgan fingerprint density at radius 2 is 1.91 bits per heavy atom. The van der Waals surface area contributed by atoms with Crippen molar-refractivity contribution in [3.8, 4) is 0 Å². The number of hydrogen-bond donors (Lipinski definition) is 0. The number of hydrogen-bond acceptors (Lipinski definition) is 3. The Balaban J connectivity index is 2.93. The van der Waals surface area contributed by atoms with Gasteiger partial charge in [-0.05, 0) is 38.5 Å². The van der Waals surface area contributed by atoms with Crippen LogP contribution in [0.15, 0.2) is 18.2 Å². The van der Waals surface area contributed by atoms with Gasteiger partial charge in [0.25, 0.3) is 0 Å². The lowest BCUT2D eigenvalue weighted by molar-refractivity contribution is -0.134. The second-order valence-electron chi connectivity index (χ2n) is 6.26. The van der Waals surface area contributed by atoms with Crippen LogP contribution in [0.1, 0.15) is 26.3 Å². The van der Waals surface area contributed by atoms with Gasteiger partial charge in [-0.2, -0.15) is 0 Å². The Morgan fingerprint density at radius 3 is 2.36 bits per heavy atom. The van der Waals surface area contributed by atoms with Crippen molar-refractivity contribution in [2.45, 2.75) is 32.7 Å². The molecule has 124 valence electrons. The van der Waals surface area contributed by atoms with Crippen LogP contribution in [0.25, 0.3) is 0 Å². The number of carbonyl (C=O) groups is 1. The van der Waals surface area contributed by atoms with E-state index in [1.807, 2.05) is 20.8 Å². The highest BCUT2D eigenvalue weighted by Crippen LogP contribution is 2.21. The van der Waals surface area contributed by atoms with Gasteiger partial charge < -0.3 is 4.90 Å². The summed E-state index contributed by atoms with van der Waals surface area (Å²) >= 11 is 5.94. The standard InChI is InChI=1S/C15H21ClFNO3S/c1-15(2,3)18(7-8-22(4,20)21)14(19)9-11-5-6-12(17)10-13(11)16/h5-6,10H,7-9H2,1-4H3. The van der Waals surface area contributed by atoms with Gasteiger partial charge in [0.1, 0.15) is 15.7 Å². The largest absolute Gasteiger partial charge is 0.337 e. The monoisotopic (exact) mass is 349 g/mol. The molecule has 0 saturated heterocycles. The number of nitrogens with zero attached hydrogens (tertiary/aromatic N) is 1. The van der Waals surface area contributed by atoms with E-state index in [1.54, 1.807) is 0 Å². The zero-order valence-electron chi connectivity index (χ0n) is 13.2. The number of carbonyl (C=O) groups excluding carboxylic acids is 1. The lowest BCUT2D eigenvalue weighted by atomic mass is 10.0. The van der Waals surface area contributed by atoms with Crippen LogP contribution in [0.3, 0.4) is 0 Å². The summed E-state index contributed by atoms with van der Waals surface area (Å²) in [6, 6.07) is 3.86. The van der Waals surface area contributed by atoms with Gasteiger partial charge in [0.05, 0.1) is 12.2 Å². The van der Waals surface area contributed by atoms with E-state index in [1.165, 1.54) is 17.0 Å². The van der Waals surface area contributed by atoms with Gasteiger partial charge in [-0.3, -0.25) is 4.79 Å². The number of benzene rings is 1. The lowest BCUT2D eigenvalue weighted by Crippen LogP contribution is -2.48. The lowest BCUT2D eigenvalue weighted by Gasteiger charge is -2.35. The van der Waals surface area contributed by atoms with Crippen molar-refractivity contribution in [1.29, 1.82) is 0 Å². The fraction of sp³-hybridized carbons (Fsp3) is 0.533. The molecule has 0 N–H and O–H groups in total. The topological polar surface area (TPSA) is 54.5 Å². The highest BCUT2D eigenvalue weighted by atomic mass is 35.5. The molecule has 1 aromatic carbocycles. The highest BCUT2D eigenvalue weighted by Gasteiger charge is 2.27. The van der Waals surface area contributed by atoms with Crippen LogP contribution >= 0.6 is 11.6 Å². The summed E-state index contributed by atoms with van der Waals surface area (Å²) in [7, 11) is -3.17. The molecule has 0 aliphatic carbocycles. The van der Waals surface area contributed by atoms with Crippen molar-refractivity contribution >= 4 is 27.3 Å². The minimum absolute atomic E-state index is 0.000144. The van der Waals surface area contributed by atoms with E-state index in [-0.39, 0.29) is 29.6 Å². The van der Waals surface area contributed by atoms with E-state index >= 15 is 0 Å². The molecule has 0 spiro atoms. The average molecular weight is 350 g/mol. The van der Waals surface area contributed by atoms with Crippen molar-refractivity contribution in [2.24, 2.45) is 0 Å². The molecule has 0 bridgehead atoms. The van der Waals surface area contributed by atoms with Crippen molar-refractivity contribution in [3.05, 3.63) is 34.6 Å². The van der Waals surface area contributed by atoms with Gasteiger partial charge in [-0.15, -0.1) is 0 Å². The fourth-order valence-corrected chi connectivity index (χ4v) is 2.76. The fourth-order valence-electron chi connectivity index (χ4n) is 2.01. The predicted octanol–water partition coefficient (Wildman–Crippen LogP) is 2.69. The molecule has 0 aliphatic heterocycles. The summed E-state index contributed by atoms with van der Waals surface area (Å²) in [5.41, 5.74) is -0.00413. The van der Waals surface area contributed by atoms with Crippen LogP contribution < -0.4 is 0 Å². The molecule has 4 nitrogen and oxygen atoms in total. The Bertz CT molecular complexity index is 653. The van der Waals surface area contributed by atoms with Crippen LogP contribution in [0, 0.1) is 5.82 Å². The molecular weight excluding hydrogens is 329 g/mol. The number of sulfone groups is 1. The third-order valence-electron chi connectivity index (χ3n) is 3.15. The van der Waals surface area contributed by atoms with E-state index in [0.717, 1.165) is 12.3 Å². The first kappa shape index (κ1) is 18.9. The van der Waals surface area contributed by atoms with Crippen LogP contribution in [0.5, 0.6) is 0 Å². The van der Waals surface area contributed by atoms with Crippen LogP contribution in [0.2, 0.25) is 5.02 Å². The normalized spacial score (nSPS) is 12.3. The minimum atomic E-state index is -3.17. The molecular formula is C15H21ClFNO3S. The molecule has 1 rings (SSSR count). The Kier molecular flexibility index (Phi) is 5.98. The quantitative estimate of drug-likeness (QED) is 0.821. The Morgan fingerprint density at radius 1 is 1.32 bits per heavy atom. The maximum absolute atomic E-state index is 13.0. The first-order valence-corrected chi connectivity index (χ1v) is 9.26. The number of amides is 1. The summed E-state index contributed by atoms with van der Waals surface area (Å²) in [4.78, 5) is 14.0. The van der Waals surface area contributed by atoms with Gasteiger partial charge in [0.2, 0.25) is 5.91 Å². The molecule has 0 saturated carbocycles. The second kappa shape index (κ2) is 6.96. The third kappa shape index (κ3) is 5.93. The van der Waals surface area contributed by atoms with Crippen LogP contribution in [-0.4, -0.2) is 43.3 Å². The predicted molar refractivity (Wildman–Crippen MR) is 86.3 cm³/mol. The van der Waals surface area contributed by atoms with Gasteiger partial charge in [0, 0.05) is 23.4 Å². The molecule has 0 fully saturated rings. The van der Waals surface area contributed by atoms with Gasteiger partial charge in [0.15, 0.2) is 0 Å². The maximum Gasteiger partial charge on any atom is 0.227 e. The number of rotatable bonds is 5. The molecule has 0 aliphatic rings. The first-order chi connectivity index (χ1) is 9.90. The summed E-state index contributed by atoms with van der Waals surface area (Å²) in [6.45, 7) is 5.61. The Hall–Kier alpha value is -1.14. The van der Waals surface area contributed by atoms with Crippen molar-refractivity contribution in [1.82, 2.24) is 4.90 Å². The van der Waals surface area contributed by atoms with E-state index < -0.39 is 21.2 Å². The van der Waals surface area contributed by atoms with E-state index in [2.05, 4.69) is 0 Å². The molecule has 0 aromatic heterocycles. The molecule has 0 unspecified atom stereocenters. The third-order valence-corrected chi connectivity index (χ3v) is 4.43. The second-order valence-corrected chi connectivity index (χ2v) is 8.93. The minimum Gasteiger partial charge on any atom is -0.337 e. The molecule has 1 amide bonds. The van der Waals surface area contributed by atoms with Crippen LogP contribution in [0.4, 0.5) is 4.39 Å². The average Bonchev–Trinajstić information content (AvgIpc) is 2.29. The Labute approximate surface area is 136 Å². The zero-order chi connectivity index (χ0) is 17.1. The summed E-state index contributed by atoms with van der Waals surface area (Å²) < 4.78 is 35.7. The zero-order valence-corrected chi connectivity index (χ0v) is 14.8. The molecule has 1 aromatic rings. The van der Waals surface area contributed by atoms with E-state index in [9.17, 15) is 17.6 Å². The smallest absolute Gasteiger partial charge is 0.227 e. The molecule has 0 atom stereocenters. The summed E-state index contributed by atoms with van der Waals surface area (Å²) in [5, 5.41) is 0.185. The van der Waals surface area contributed by atoms with E-state index in [0.29, 0.717) is 5.56 Å².